The first-order valence-electron chi connectivity index (χ1n) is 19.0. The fraction of sp³-hybridized carbons (Fsp3) is 0.319. The first kappa shape index (κ1) is 38.3. The number of rotatable bonds is 12. The van der Waals surface area contributed by atoms with Crippen LogP contribution >= 0.6 is 0 Å². The van der Waals surface area contributed by atoms with Crippen molar-refractivity contribution in [3.63, 3.8) is 0 Å². The van der Waals surface area contributed by atoms with Gasteiger partial charge in [-0.25, -0.2) is 4.98 Å². The van der Waals surface area contributed by atoms with Crippen LogP contribution in [0.3, 0.4) is 0 Å². The van der Waals surface area contributed by atoms with E-state index in [2.05, 4.69) is 127 Å². The fourth-order valence-corrected chi connectivity index (χ4v) is 7.64. The average Bonchev–Trinajstić information content (AvgIpc) is 3.75. The van der Waals surface area contributed by atoms with Crippen LogP contribution in [0.2, 0.25) is 0 Å². The summed E-state index contributed by atoms with van der Waals surface area (Å²) in [7, 11) is 0. The number of hydrogen-bond donors (Lipinski definition) is 0. The molecule has 53 heavy (non-hydrogen) atoms. The van der Waals surface area contributed by atoms with Crippen LogP contribution < -0.4 is 4.74 Å². The van der Waals surface area contributed by atoms with E-state index in [1.54, 1.807) is 0 Å². The third kappa shape index (κ3) is 7.64. The molecule has 0 aliphatic rings. The zero-order valence-corrected chi connectivity index (χ0v) is 34.6. The summed E-state index contributed by atoms with van der Waals surface area (Å²) in [6.45, 7) is 18.0. The third-order valence-electron chi connectivity index (χ3n) is 10.6. The molecule has 7 rings (SSSR count). The van der Waals surface area contributed by atoms with E-state index in [9.17, 15) is 0 Å². The van der Waals surface area contributed by atoms with E-state index in [1.807, 2.05) is 29.2 Å². The van der Waals surface area contributed by atoms with Crippen molar-refractivity contribution in [3.8, 4) is 34.1 Å². The zero-order valence-electron chi connectivity index (χ0n) is 32.3. The van der Waals surface area contributed by atoms with Gasteiger partial charge in [-0.1, -0.05) is 70.7 Å². The Morgan fingerprint density at radius 1 is 0.774 bits per heavy atom. The molecule has 3 heterocycles. The summed E-state index contributed by atoms with van der Waals surface area (Å²) in [6, 6.07) is 28.3. The van der Waals surface area contributed by atoms with Gasteiger partial charge in [0.15, 0.2) is 0 Å². The van der Waals surface area contributed by atoms with Crippen LogP contribution in [0, 0.1) is 45.7 Å². The Hall–Kier alpha value is -4.47. The summed E-state index contributed by atoms with van der Waals surface area (Å²) < 4.78 is 10.8. The summed E-state index contributed by atoms with van der Waals surface area (Å²) in [5.74, 6) is 2.73. The smallest absolute Gasteiger partial charge is 0.509 e. The van der Waals surface area contributed by atoms with E-state index in [0.29, 0.717) is 17.4 Å². The molecule has 0 saturated heterocycles. The molecule has 6 heteroatoms. The maximum Gasteiger partial charge on any atom is 2.00 e. The van der Waals surface area contributed by atoms with E-state index >= 15 is 0 Å². The molecule has 274 valence electrons. The Kier molecular flexibility index (Phi) is 11.7. The quantitative estimate of drug-likeness (QED) is 0.115. The summed E-state index contributed by atoms with van der Waals surface area (Å²) in [5.41, 5.74) is 14.9. The summed E-state index contributed by atoms with van der Waals surface area (Å²) in [5, 5.41) is 7.23. The summed E-state index contributed by atoms with van der Waals surface area (Å²) >= 11 is 0. The molecule has 0 radical (unpaired) electrons. The Morgan fingerprint density at radius 3 is 2.21 bits per heavy atom. The molecule has 4 aromatic carbocycles. The second-order valence-electron chi connectivity index (χ2n) is 14.8. The summed E-state index contributed by atoms with van der Waals surface area (Å²) in [6.07, 6.45) is 12.4. The van der Waals surface area contributed by atoms with Gasteiger partial charge in [0, 0.05) is 35.0 Å². The third-order valence-corrected chi connectivity index (χ3v) is 10.6. The van der Waals surface area contributed by atoms with Crippen molar-refractivity contribution in [1.29, 1.82) is 0 Å². The molecule has 0 unspecified atom stereocenters. The van der Waals surface area contributed by atoms with Crippen molar-refractivity contribution in [2.75, 3.05) is 0 Å². The predicted molar refractivity (Wildman–Crippen MR) is 215 cm³/mol. The van der Waals surface area contributed by atoms with Gasteiger partial charge in [-0.15, -0.1) is 35.7 Å². The predicted octanol–water partition coefficient (Wildman–Crippen LogP) is 12.1. The molecule has 0 spiro atoms. The number of aromatic nitrogens is 4. The molecular formula is C47H50N4OPt. The molecule has 0 aliphatic heterocycles. The van der Waals surface area contributed by atoms with E-state index < -0.39 is 0 Å². The normalized spacial score (nSPS) is 11.5. The first-order chi connectivity index (χ1) is 25.2. The van der Waals surface area contributed by atoms with Gasteiger partial charge in [0.2, 0.25) is 0 Å². The molecule has 0 atom stereocenters. The zero-order chi connectivity index (χ0) is 36.5. The second kappa shape index (κ2) is 16.3. The molecule has 0 N–H and O–H groups in total. The minimum Gasteiger partial charge on any atom is -0.509 e. The van der Waals surface area contributed by atoms with Crippen LogP contribution in [0.5, 0.6) is 11.5 Å². The Balaban J connectivity index is 0.00000481. The van der Waals surface area contributed by atoms with Gasteiger partial charge in [0.05, 0.1) is 6.20 Å². The number of para-hydroxylation sites is 1. The molecule has 0 amide bonds. The largest absolute Gasteiger partial charge is 2.00 e. The van der Waals surface area contributed by atoms with Gasteiger partial charge in [0.1, 0.15) is 5.82 Å². The van der Waals surface area contributed by atoms with E-state index in [0.717, 1.165) is 83.0 Å². The SMILES string of the molecule is CCCc1c(C)c(C)c(C)c(CCC)c1-c1cnn(-c2[c-]c(Oc3[c-]c4c(cc3)c3ccccc3n4-c3cc(C)ccn3)cc(CCC(C)C)c2)c1.[Pt+2]. The number of nitrogens with zero attached hydrogens (tertiary/aromatic N) is 4. The molecule has 3 aromatic heterocycles. The Morgan fingerprint density at radius 2 is 1.51 bits per heavy atom. The van der Waals surface area contributed by atoms with Crippen molar-refractivity contribution in [3.05, 3.63) is 130 Å². The van der Waals surface area contributed by atoms with E-state index in [4.69, 9.17) is 14.8 Å². The molecule has 5 nitrogen and oxygen atoms in total. The van der Waals surface area contributed by atoms with Crippen molar-refractivity contribution in [1.82, 2.24) is 19.3 Å². The average molecular weight is 882 g/mol. The van der Waals surface area contributed by atoms with Crippen LogP contribution in [0.25, 0.3) is 44.4 Å². The maximum atomic E-state index is 6.66. The Labute approximate surface area is 329 Å². The number of pyridine rings is 1. The molecule has 0 aliphatic carbocycles. The van der Waals surface area contributed by atoms with Crippen LogP contribution in [-0.4, -0.2) is 19.3 Å². The molecule has 0 fully saturated rings. The second-order valence-corrected chi connectivity index (χ2v) is 14.8. The number of ether oxygens (including phenoxy) is 1. The molecular weight excluding hydrogens is 832 g/mol. The van der Waals surface area contributed by atoms with Crippen LogP contribution in [0.4, 0.5) is 0 Å². The maximum absolute atomic E-state index is 6.66. The van der Waals surface area contributed by atoms with Gasteiger partial charge in [-0.05, 0) is 121 Å². The van der Waals surface area contributed by atoms with Crippen LogP contribution in [-0.2, 0) is 40.3 Å². The van der Waals surface area contributed by atoms with Crippen molar-refractivity contribution in [2.45, 2.75) is 93.9 Å². The Bertz CT molecular complexity index is 2370. The van der Waals surface area contributed by atoms with E-state index in [-0.39, 0.29) is 21.1 Å². The van der Waals surface area contributed by atoms with Crippen molar-refractivity contribution < 1.29 is 25.8 Å². The fourth-order valence-electron chi connectivity index (χ4n) is 7.64. The van der Waals surface area contributed by atoms with Gasteiger partial charge in [0.25, 0.3) is 0 Å². The van der Waals surface area contributed by atoms with Gasteiger partial charge in [-0.2, -0.15) is 16.7 Å². The van der Waals surface area contributed by atoms with E-state index in [1.165, 1.54) is 38.9 Å². The van der Waals surface area contributed by atoms with Gasteiger partial charge < -0.3 is 9.30 Å². The van der Waals surface area contributed by atoms with Crippen LogP contribution in [0.1, 0.15) is 85.9 Å². The standard InChI is InChI=1S/C47H50N4O.Pt/c1-9-13-40-33(7)32(6)34(8)41(14-10-2)47(40)36-28-49-50(29-36)37-24-35(18-17-30(3)4)25-39(26-37)52-38-19-20-43-42-15-11-12-16-44(42)51(45(43)27-38)46-23-31(5)21-22-48-46;/h11-12,15-16,19-25,28-30H,9-10,13-14,17-18H2,1-8H3;/q-2;+2. The minimum atomic E-state index is 0. The van der Waals surface area contributed by atoms with Crippen molar-refractivity contribution in [2.24, 2.45) is 5.92 Å². The molecule has 0 saturated carbocycles. The number of aryl methyl sites for hydroxylation is 2. The molecule has 7 aromatic rings. The summed E-state index contributed by atoms with van der Waals surface area (Å²) in [4.78, 5) is 4.74. The van der Waals surface area contributed by atoms with Gasteiger partial charge in [-0.3, -0.25) is 4.68 Å². The van der Waals surface area contributed by atoms with Crippen molar-refractivity contribution >= 4 is 21.8 Å². The number of benzene rings is 4. The monoisotopic (exact) mass is 881 g/mol. The topological polar surface area (TPSA) is 44.9 Å². The number of fused-ring (bicyclic) bond motifs is 3. The van der Waals surface area contributed by atoms with Gasteiger partial charge >= 0.3 is 21.1 Å². The first-order valence-corrected chi connectivity index (χ1v) is 19.0. The number of hydrogen-bond acceptors (Lipinski definition) is 3. The molecule has 0 bridgehead atoms. The van der Waals surface area contributed by atoms with Crippen LogP contribution in [0.15, 0.2) is 79.3 Å². The minimum absolute atomic E-state index is 0.